The zero-order valence-corrected chi connectivity index (χ0v) is 12.8. The maximum atomic E-state index is 6.64. The van der Waals surface area contributed by atoms with Crippen molar-refractivity contribution in [2.45, 2.75) is 72.6 Å². The van der Waals surface area contributed by atoms with Gasteiger partial charge >= 0.3 is 0 Å². The molecule has 0 saturated heterocycles. The standard InChI is InChI=1S/C12H20Cl2S2/c13-11(7-3-1-4-8-11)15-16-12(14)9-5-2-6-10-12/h1-10H2. The van der Waals surface area contributed by atoms with Crippen LogP contribution in [-0.2, 0) is 0 Å². The third kappa shape index (κ3) is 3.90. The first kappa shape index (κ1) is 13.7. The molecular weight excluding hydrogens is 279 g/mol. The van der Waals surface area contributed by atoms with Gasteiger partial charge in [-0.25, -0.2) is 0 Å². The minimum absolute atomic E-state index is 0.0255. The van der Waals surface area contributed by atoms with Crippen LogP contribution in [0, 0.1) is 0 Å². The van der Waals surface area contributed by atoms with Crippen LogP contribution in [0.5, 0.6) is 0 Å². The molecule has 16 heavy (non-hydrogen) atoms. The Labute approximate surface area is 117 Å². The molecule has 0 amide bonds. The van der Waals surface area contributed by atoms with Gasteiger partial charge in [0.05, 0.1) is 8.41 Å². The highest BCUT2D eigenvalue weighted by atomic mass is 35.5. The molecule has 0 heterocycles. The summed E-state index contributed by atoms with van der Waals surface area (Å²) in [6.45, 7) is 0. The van der Waals surface area contributed by atoms with Gasteiger partial charge in [-0.3, -0.25) is 0 Å². The van der Waals surface area contributed by atoms with Crippen LogP contribution >= 0.6 is 44.8 Å². The van der Waals surface area contributed by atoms with Crippen molar-refractivity contribution in [3.8, 4) is 0 Å². The first-order valence-electron chi connectivity index (χ1n) is 6.37. The number of hydrogen-bond acceptors (Lipinski definition) is 2. The summed E-state index contributed by atoms with van der Waals surface area (Å²) in [5.41, 5.74) is 0. The molecule has 2 aliphatic rings. The van der Waals surface area contributed by atoms with Crippen LogP contribution in [0.2, 0.25) is 0 Å². The van der Waals surface area contributed by atoms with Gasteiger partial charge in [0.1, 0.15) is 0 Å². The van der Waals surface area contributed by atoms with Crippen molar-refractivity contribution in [1.82, 2.24) is 0 Å². The lowest BCUT2D eigenvalue weighted by atomic mass is 10.00. The third-order valence-electron chi connectivity index (χ3n) is 3.54. The van der Waals surface area contributed by atoms with Gasteiger partial charge in [-0.1, -0.05) is 60.1 Å². The second-order valence-corrected chi connectivity index (χ2v) is 9.85. The fourth-order valence-corrected chi connectivity index (χ4v) is 6.68. The largest absolute Gasteiger partial charge is 0.106 e. The molecule has 0 aromatic carbocycles. The van der Waals surface area contributed by atoms with E-state index in [4.69, 9.17) is 23.2 Å². The van der Waals surface area contributed by atoms with Gasteiger partial charge in [0.15, 0.2) is 0 Å². The average Bonchev–Trinajstić information content (AvgIpc) is 2.29. The minimum atomic E-state index is -0.0255. The fourth-order valence-electron chi connectivity index (χ4n) is 2.48. The van der Waals surface area contributed by atoms with E-state index in [0.29, 0.717) is 0 Å². The zero-order chi connectivity index (χ0) is 11.5. The predicted octanol–water partition coefficient (Wildman–Crippen LogP) is 6.17. The van der Waals surface area contributed by atoms with Gasteiger partial charge in [-0.15, -0.1) is 23.2 Å². The number of halogens is 2. The number of hydrogen-bond donors (Lipinski definition) is 0. The Bertz CT molecular complexity index is 197. The molecular formula is C12H20Cl2S2. The van der Waals surface area contributed by atoms with Crippen molar-refractivity contribution in [1.29, 1.82) is 0 Å². The lowest BCUT2D eigenvalue weighted by Crippen LogP contribution is -2.23. The molecule has 0 atom stereocenters. The molecule has 0 N–H and O–H groups in total. The van der Waals surface area contributed by atoms with Crippen molar-refractivity contribution in [2.24, 2.45) is 0 Å². The molecule has 0 radical (unpaired) electrons. The Morgan fingerprint density at radius 1 is 0.562 bits per heavy atom. The van der Waals surface area contributed by atoms with Crippen LogP contribution in [-0.4, -0.2) is 8.41 Å². The third-order valence-corrected chi connectivity index (χ3v) is 8.97. The highest BCUT2D eigenvalue weighted by Crippen LogP contribution is 2.57. The van der Waals surface area contributed by atoms with Crippen molar-refractivity contribution in [3.63, 3.8) is 0 Å². The highest BCUT2D eigenvalue weighted by Gasteiger charge is 2.37. The predicted molar refractivity (Wildman–Crippen MR) is 78.5 cm³/mol. The summed E-state index contributed by atoms with van der Waals surface area (Å²) in [4.78, 5) is 0. The van der Waals surface area contributed by atoms with Gasteiger partial charge in [-0.2, -0.15) is 0 Å². The van der Waals surface area contributed by atoms with Crippen LogP contribution in [0.3, 0.4) is 0 Å². The molecule has 0 nitrogen and oxygen atoms in total. The van der Waals surface area contributed by atoms with E-state index in [9.17, 15) is 0 Å². The van der Waals surface area contributed by atoms with Gasteiger partial charge in [0.2, 0.25) is 0 Å². The Kier molecular flexibility index (Phi) is 5.09. The molecule has 0 unspecified atom stereocenters. The lowest BCUT2D eigenvalue weighted by Gasteiger charge is -2.35. The number of rotatable bonds is 3. The summed E-state index contributed by atoms with van der Waals surface area (Å²) < 4.78 is -0.0511. The maximum absolute atomic E-state index is 6.64. The summed E-state index contributed by atoms with van der Waals surface area (Å²) >= 11 is 13.3. The topological polar surface area (TPSA) is 0 Å². The van der Waals surface area contributed by atoms with Gasteiger partial charge in [-0.05, 0) is 25.7 Å². The monoisotopic (exact) mass is 298 g/mol. The Morgan fingerprint density at radius 3 is 1.19 bits per heavy atom. The van der Waals surface area contributed by atoms with Crippen molar-refractivity contribution in [3.05, 3.63) is 0 Å². The lowest BCUT2D eigenvalue weighted by molar-refractivity contribution is 0.483. The molecule has 0 aromatic rings. The van der Waals surface area contributed by atoms with E-state index < -0.39 is 0 Å². The van der Waals surface area contributed by atoms with E-state index in [0.717, 1.165) is 25.7 Å². The van der Waals surface area contributed by atoms with E-state index in [1.54, 1.807) is 0 Å². The van der Waals surface area contributed by atoms with Crippen molar-refractivity contribution in [2.75, 3.05) is 0 Å². The average molecular weight is 299 g/mol. The van der Waals surface area contributed by atoms with Crippen LogP contribution in [0.1, 0.15) is 64.2 Å². The summed E-state index contributed by atoms with van der Waals surface area (Å²) in [7, 11) is 3.71. The second kappa shape index (κ2) is 5.95. The van der Waals surface area contributed by atoms with Gasteiger partial charge in [0.25, 0.3) is 0 Å². The first-order chi connectivity index (χ1) is 7.62. The molecule has 2 rings (SSSR count). The van der Waals surface area contributed by atoms with E-state index in [1.807, 2.05) is 21.6 Å². The SMILES string of the molecule is ClC1(SSC2(Cl)CCCCC2)CCCCC1. The minimum Gasteiger partial charge on any atom is -0.106 e. The summed E-state index contributed by atoms with van der Waals surface area (Å²) in [5.74, 6) is 0. The normalized spacial score (nSPS) is 28.9. The fraction of sp³-hybridized carbons (Fsp3) is 1.00. The van der Waals surface area contributed by atoms with E-state index in [2.05, 4.69) is 0 Å². The second-order valence-electron chi connectivity index (χ2n) is 5.05. The van der Waals surface area contributed by atoms with Gasteiger partial charge in [0, 0.05) is 0 Å². The van der Waals surface area contributed by atoms with Crippen LogP contribution in [0.25, 0.3) is 0 Å². The van der Waals surface area contributed by atoms with Gasteiger partial charge < -0.3 is 0 Å². The Hall–Kier alpha value is 1.28. The Balaban J connectivity index is 1.80. The molecule has 0 aliphatic heterocycles. The molecule has 0 bridgehead atoms. The summed E-state index contributed by atoms with van der Waals surface area (Å²) in [6, 6.07) is 0. The summed E-state index contributed by atoms with van der Waals surface area (Å²) in [6.07, 6.45) is 12.4. The van der Waals surface area contributed by atoms with Crippen LogP contribution < -0.4 is 0 Å². The Morgan fingerprint density at radius 2 is 0.875 bits per heavy atom. The van der Waals surface area contributed by atoms with Crippen molar-refractivity contribution >= 4 is 44.8 Å². The quantitative estimate of drug-likeness (QED) is 0.451. The smallest absolute Gasteiger partial charge is 0.0999 e. The first-order valence-corrected chi connectivity index (χ1v) is 9.27. The molecule has 0 aromatic heterocycles. The maximum Gasteiger partial charge on any atom is 0.0999 e. The number of alkyl halides is 2. The molecule has 94 valence electrons. The van der Waals surface area contributed by atoms with Crippen LogP contribution in [0.15, 0.2) is 0 Å². The summed E-state index contributed by atoms with van der Waals surface area (Å²) in [5, 5.41) is 0. The van der Waals surface area contributed by atoms with Crippen LogP contribution in [0.4, 0.5) is 0 Å². The highest BCUT2D eigenvalue weighted by molar-refractivity contribution is 8.78. The van der Waals surface area contributed by atoms with E-state index in [-0.39, 0.29) is 8.41 Å². The molecule has 0 spiro atoms. The zero-order valence-electron chi connectivity index (χ0n) is 9.64. The molecule has 4 heteroatoms. The van der Waals surface area contributed by atoms with E-state index >= 15 is 0 Å². The molecule has 2 aliphatic carbocycles. The molecule has 2 fully saturated rings. The van der Waals surface area contributed by atoms with E-state index in [1.165, 1.54) is 38.5 Å². The van der Waals surface area contributed by atoms with Crippen molar-refractivity contribution < 1.29 is 0 Å². The molecule has 2 saturated carbocycles.